The van der Waals surface area contributed by atoms with Gasteiger partial charge in [0.1, 0.15) is 5.82 Å². The Morgan fingerprint density at radius 1 is 1.40 bits per heavy atom. The lowest BCUT2D eigenvalue weighted by molar-refractivity contribution is 0.0481. The number of H-pyrrole nitrogens is 1. The van der Waals surface area contributed by atoms with E-state index in [1.807, 2.05) is 6.92 Å². The highest BCUT2D eigenvalue weighted by Gasteiger charge is 2.26. The average Bonchev–Trinajstić information content (AvgIpc) is 2.82. The summed E-state index contributed by atoms with van der Waals surface area (Å²) in [6, 6.07) is 0. The van der Waals surface area contributed by atoms with E-state index in [0.717, 1.165) is 37.1 Å². The maximum Gasteiger partial charge on any atom is 0.241 e. The quantitative estimate of drug-likeness (QED) is 0.463. The molecule has 108 valence electrons. The Labute approximate surface area is 116 Å². The van der Waals surface area contributed by atoms with E-state index < -0.39 is 5.60 Å². The number of nitrogens with two attached hydrogens (primary N) is 1. The van der Waals surface area contributed by atoms with Crippen LogP contribution in [0, 0.1) is 0 Å². The number of fused-ring (bicyclic) bond motifs is 1. The number of aromatic nitrogens is 4. The Morgan fingerprint density at radius 2 is 2.25 bits per heavy atom. The van der Waals surface area contributed by atoms with Crippen LogP contribution in [0.3, 0.4) is 0 Å². The van der Waals surface area contributed by atoms with Crippen LogP contribution < -0.4 is 16.2 Å². The molecule has 1 aliphatic heterocycles. The summed E-state index contributed by atoms with van der Waals surface area (Å²) in [7, 11) is 0. The number of aliphatic hydroxyl groups is 1. The highest BCUT2D eigenvalue weighted by molar-refractivity contribution is 5.87. The fourth-order valence-electron chi connectivity index (χ4n) is 2.60. The Kier molecular flexibility index (Phi) is 3.19. The first-order chi connectivity index (χ1) is 9.59. The summed E-state index contributed by atoms with van der Waals surface area (Å²) < 4.78 is 0. The molecule has 0 saturated carbocycles. The van der Waals surface area contributed by atoms with Gasteiger partial charge in [-0.1, -0.05) is 0 Å². The molecule has 1 saturated heterocycles. The maximum absolute atomic E-state index is 10.2. The Balaban J connectivity index is 1.98. The minimum atomic E-state index is -0.605. The van der Waals surface area contributed by atoms with Gasteiger partial charge in [0.2, 0.25) is 5.95 Å². The van der Waals surface area contributed by atoms with Gasteiger partial charge in [0.15, 0.2) is 5.65 Å². The molecule has 3 heterocycles. The summed E-state index contributed by atoms with van der Waals surface area (Å²) in [5, 5.41) is 17.9. The van der Waals surface area contributed by atoms with Crippen LogP contribution in [-0.2, 0) is 0 Å². The van der Waals surface area contributed by atoms with E-state index in [9.17, 15) is 5.11 Å². The van der Waals surface area contributed by atoms with Gasteiger partial charge in [-0.2, -0.15) is 15.1 Å². The van der Waals surface area contributed by atoms with Crippen LogP contribution in [0.1, 0.15) is 26.2 Å². The molecule has 0 spiro atoms. The zero-order chi connectivity index (χ0) is 14.2. The number of hydrazine groups is 1. The molecule has 2 aromatic rings. The molecule has 8 nitrogen and oxygen atoms in total. The number of hydrogen-bond acceptors (Lipinski definition) is 7. The summed E-state index contributed by atoms with van der Waals surface area (Å²) in [5.41, 5.74) is 2.52. The first-order valence-corrected chi connectivity index (χ1v) is 6.74. The minimum Gasteiger partial charge on any atom is -0.390 e. The normalized spacial score (nSPS) is 23.9. The second kappa shape index (κ2) is 4.88. The van der Waals surface area contributed by atoms with E-state index >= 15 is 0 Å². The third-order valence-electron chi connectivity index (χ3n) is 3.78. The molecule has 1 aliphatic rings. The lowest BCUT2D eigenvalue weighted by Gasteiger charge is -2.24. The summed E-state index contributed by atoms with van der Waals surface area (Å²) in [4.78, 5) is 10.8. The number of nitrogens with zero attached hydrogens (tertiary/aromatic N) is 4. The molecule has 8 heteroatoms. The molecule has 0 bridgehead atoms. The number of nitrogen functional groups attached to an aromatic ring is 1. The lowest BCUT2D eigenvalue weighted by atomic mass is 9.98. The van der Waals surface area contributed by atoms with Crippen LogP contribution in [0.4, 0.5) is 11.8 Å². The van der Waals surface area contributed by atoms with E-state index in [1.165, 1.54) is 0 Å². The number of nitrogens with one attached hydrogen (secondary N) is 2. The molecule has 0 aliphatic carbocycles. The van der Waals surface area contributed by atoms with Crippen molar-refractivity contribution < 1.29 is 5.11 Å². The van der Waals surface area contributed by atoms with Crippen molar-refractivity contribution in [3.63, 3.8) is 0 Å². The van der Waals surface area contributed by atoms with Gasteiger partial charge in [-0.25, -0.2) is 5.84 Å². The standard InChI is InChI=1S/C12H19N7O/c1-12(20)3-2-5-19(6-4-12)10-8-7-14-18-9(8)15-11(16-10)17-13/h7,20H,2-6,13H2,1H3,(H2,14,15,16,17,18). The second-order valence-corrected chi connectivity index (χ2v) is 5.48. The minimum absolute atomic E-state index is 0.354. The van der Waals surface area contributed by atoms with Crippen molar-refractivity contribution in [2.24, 2.45) is 5.84 Å². The van der Waals surface area contributed by atoms with Crippen LogP contribution in [0.25, 0.3) is 11.0 Å². The van der Waals surface area contributed by atoms with Crippen LogP contribution >= 0.6 is 0 Å². The smallest absolute Gasteiger partial charge is 0.241 e. The third-order valence-corrected chi connectivity index (χ3v) is 3.78. The number of aromatic amines is 1. The second-order valence-electron chi connectivity index (χ2n) is 5.48. The Morgan fingerprint density at radius 3 is 3.05 bits per heavy atom. The van der Waals surface area contributed by atoms with Crippen molar-refractivity contribution >= 4 is 22.8 Å². The number of anilines is 2. The summed E-state index contributed by atoms with van der Waals surface area (Å²) >= 11 is 0. The molecule has 0 aromatic carbocycles. The topological polar surface area (TPSA) is 116 Å². The molecule has 1 unspecified atom stereocenters. The number of hydrogen-bond donors (Lipinski definition) is 4. The van der Waals surface area contributed by atoms with Gasteiger partial charge in [-0.05, 0) is 26.2 Å². The van der Waals surface area contributed by atoms with E-state index in [0.29, 0.717) is 18.0 Å². The molecule has 3 rings (SSSR count). The van der Waals surface area contributed by atoms with Crippen molar-refractivity contribution in [2.45, 2.75) is 31.8 Å². The van der Waals surface area contributed by atoms with Crippen molar-refractivity contribution in [1.82, 2.24) is 20.2 Å². The van der Waals surface area contributed by atoms with Gasteiger partial charge in [0.25, 0.3) is 0 Å². The van der Waals surface area contributed by atoms with Gasteiger partial charge < -0.3 is 10.0 Å². The molecule has 0 amide bonds. The van der Waals surface area contributed by atoms with Gasteiger partial charge >= 0.3 is 0 Å². The summed E-state index contributed by atoms with van der Waals surface area (Å²) in [6.45, 7) is 3.47. The maximum atomic E-state index is 10.2. The van der Waals surface area contributed by atoms with Crippen LogP contribution in [0.5, 0.6) is 0 Å². The highest BCUT2D eigenvalue weighted by atomic mass is 16.3. The molecular formula is C12H19N7O. The molecule has 5 N–H and O–H groups in total. The predicted molar refractivity (Wildman–Crippen MR) is 76.2 cm³/mol. The number of rotatable bonds is 2. The SMILES string of the molecule is CC1(O)CCCN(c2nc(NN)nc3[nH]ncc23)CC1. The van der Waals surface area contributed by atoms with Gasteiger partial charge in [0, 0.05) is 13.1 Å². The molecule has 20 heavy (non-hydrogen) atoms. The zero-order valence-electron chi connectivity index (χ0n) is 11.4. The molecule has 1 fully saturated rings. The van der Waals surface area contributed by atoms with E-state index in [1.54, 1.807) is 6.20 Å². The summed E-state index contributed by atoms with van der Waals surface area (Å²) in [5.74, 6) is 6.57. The zero-order valence-corrected chi connectivity index (χ0v) is 11.4. The molecule has 0 radical (unpaired) electrons. The fourth-order valence-corrected chi connectivity index (χ4v) is 2.60. The van der Waals surface area contributed by atoms with Crippen LogP contribution in [0.15, 0.2) is 6.20 Å². The first-order valence-electron chi connectivity index (χ1n) is 6.74. The van der Waals surface area contributed by atoms with E-state index in [-0.39, 0.29) is 0 Å². The lowest BCUT2D eigenvalue weighted by Crippen LogP contribution is -2.29. The largest absolute Gasteiger partial charge is 0.390 e. The van der Waals surface area contributed by atoms with Gasteiger partial charge in [-0.15, -0.1) is 0 Å². The van der Waals surface area contributed by atoms with Crippen molar-refractivity contribution in [1.29, 1.82) is 0 Å². The predicted octanol–water partition coefficient (Wildman–Crippen LogP) is 0.380. The summed E-state index contributed by atoms with van der Waals surface area (Å²) in [6.07, 6.45) is 4.14. The molecule has 2 aromatic heterocycles. The van der Waals surface area contributed by atoms with Gasteiger partial charge in [0.05, 0.1) is 17.2 Å². The van der Waals surface area contributed by atoms with E-state index in [4.69, 9.17) is 5.84 Å². The van der Waals surface area contributed by atoms with Crippen molar-refractivity contribution in [2.75, 3.05) is 23.4 Å². The highest BCUT2D eigenvalue weighted by Crippen LogP contribution is 2.28. The van der Waals surface area contributed by atoms with Crippen molar-refractivity contribution in [3.8, 4) is 0 Å². The third kappa shape index (κ3) is 2.39. The monoisotopic (exact) mass is 277 g/mol. The van der Waals surface area contributed by atoms with Gasteiger partial charge in [-0.3, -0.25) is 10.5 Å². The van der Waals surface area contributed by atoms with E-state index in [2.05, 4.69) is 30.5 Å². The van der Waals surface area contributed by atoms with Crippen LogP contribution in [0.2, 0.25) is 0 Å². The molecule has 1 atom stereocenters. The Bertz CT molecular complexity index is 609. The van der Waals surface area contributed by atoms with Crippen LogP contribution in [-0.4, -0.2) is 44.0 Å². The van der Waals surface area contributed by atoms with Crippen molar-refractivity contribution in [3.05, 3.63) is 6.20 Å². The molecular weight excluding hydrogens is 258 g/mol. The fraction of sp³-hybridized carbons (Fsp3) is 0.583. The first kappa shape index (κ1) is 13.1. The average molecular weight is 277 g/mol. The Hall–Kier alpha value is -1.93.